The summed E-state index contributed by atoms with van der Waals surface area (Å²) in [7, 11) is 1.85. The maximum absolute atomic E-state index is 12.3. The van der Waals surface area contributed by atoms with Crippen molar-refractivity contribution in [3.05, 3.63) is 28.1 Å². The largest absolute Gasteiger partial charge is 0.317 e. The Hall–Kier alpha value is -1.20. The first-order valence-corrected chi connectivity index (χ1v) is 7.28. The van der Waals surface area contributed by atoms with Crippen molar-refractivity contribution in [2.24, 2.45) is 0 Å². The van der Waals surface area contributed by atoms with Crippen molar-refractivity contribution in [3.8, 4) is 0 Å². The monoisotopic (exact) mass is 280 g/mol. The molecule has 0 aliphatic carbocycles. The van der Waals surface area contributed by atoms with Gasteiger partial charge in [0.25, 0.3) is 5.91 Å². The number of unbranched alkanes of at least 4 members (excludes halogenated alkanes) is 1. The van der Waals surface area contributed by atoms with Crippen molar-refractivity contribution in [1.29, 1.82) is 0 Å². The van der Waals surface area contributed by atoms with Gasteiger partial charge in [0.05, 0.1) is 0 Å². The third kappa shape index (κ3) is 2.47. The average molecular weight is 280 g/mol. The van der Waals surface area contributed by atoms with E-state index < -0.39 is 0 Å². The zero-order valence-corrected chi connectivity index (χ0v) is 12.2. The maximum Gasteiger partial charge on any atom is 0.276 e. The quantitative estimate of drug-likeness (QED) is 0.626. The average Bonchev–Trinajstić information content (AvgIpc) is 2.93. The Morgan fingerprint density at radius 3 is 2.89 bits per heavy atom. The number of carbonyl (C=O) groups excluding carboxylic acids is 1. The van der Waals surface area contributed by atoms with Gasteiger partial charge in [0.1, 0.15) is 5.70 Å². The van der Waals surface area contributed by atoms with E-state index in [0.717, 1.165) is 17.7 Å². The van der Waals surface area contributed by atoms with Crippen LogP contribution in [-0.2, 0) is 4.79 Å². The summed E-state index contributed by atoms with van der Waals surface area (Å²) in [5, 5.41) is 2.61. The molecule has 0 atom stereocenters. The summed E-state index contributed by atoms with van der Waals surface area (Å²) in [6.07, 6.45) is 3.94. The van der Waals surface area contributed by atoms with Crippen LogP contribution >= 0.6 is 23.6 Å². The molecule has 2 heterocycles. The Balaban J connectivity index is 2.23. The van der Waals surface area contributed by atoms with Crippen LogP contribution in [0.3, 0.4) is 0 Å². The van der Waals surface area contributed by atoms with Gasteiger partial charge in [-0.1, -0.05) is 19.4 Å². The second-order valence-electron chi connectivity index (χ2n) is 4.20. The van der Waals surface area contributed by atoms with Gasteiger partial charge in [0.2, 0.25) is 0 Å². The van der Waals surface area contributed by atoms with Gasteiger partial charge in [-0.15, -0.1) is 11.3 Å². The van der Waals surface area contributed by atoms with Gasteiger partial charge in [0.15, 0.2) is 5.11 Å². The molecule has 1 aromatic rings. The van der Waals surface area contributed by atoms with Gasteiger partial charge in [-0.3, -0.25) is 9.69 Å². The number of amides is 1. The molecule has 1 aliphatic rings. The third-order valence-electron chi connectivity index (χ3n) is 2.90. The number of thiophene rings is 1. The fraction of sp³-hybridized carbons (Fsp3) is 0.385. The van der Waals surface area contributed by atoms with Gasteiger partial charge in [-0.2, -0.15) is 0 Å². The van der Waals surface area contributed by atoms with Crippen LogP contribution in [-0.4, -0.2) is 34.4 Å². The summed E-state index contributed by atoms with van der Waals surface area (Å²) in [6, 6.07) is 3.97. The predicted octanol–water partition coefficient (Wildman–Crippen LogP) is 2.95. The molecule has 1 saturated heterocycles. The standard InChI is InChI=1S/C13H16N2OS2/c1-3-4-7-15-12(16)11(14(2)13(15)17)9-10-6-5-8-18-10/h5-6,8-9H,3-4,7H2,1-2H3/b11-9-. The highest BCUT2D eigenvalue weighted by atomic mass is 32.1. The second-order valence-corrected chi connectivity index (χ2v) is 5.54. The van der Waals surface area contributed by atoms with Crippen molar-refractivity contribution in [3.63, 3.8) is 0 Å². The van der Waals surface area contributed by atoms with Crippen molar-refractivity contribution in [2.45, 2.75) is 19.8 Å². The van der Waals surface area contributed by atoms with Crippen LogP contribution in [0.25, 0.3) is 6.08 Å². The van der Waals surface area contributed by atoms with Gasteiger partial charge in [-0.05, 0) is 36.2 Å². The summed E-state index contributed by atoms with van der Waals surface area (Å²) in [6.45, 7) is 2.82. The number of hydrogen-bond donors (Lipinski definition) is 0. The lowest BCUT2D eigenvalue weighted by Crippen LogP contribution is -2.32. The molecule has 3 nitrogen and oxygen atoms in total. The van der Waals surface area contributed by atoms with E-state index in [0.29, 0.717) is 17.4 Å². The lowest BCUT2D eigenvalue weighted by Gasteiger charge is -2.15. The van der Waals surface area contributed by atoms with E-state index in [2.05, 4.69) is 6.92 Å². The predicted molar refractivity (Wildman–Crippen MR) is 79.3 cm³/mol. The molecule has 18 heavy (non-hydrogen) atoms. The summed E-state index contributed by atoms with van der Waals surface area (Å²) in [4.78, 5) is 16.9. The van der Waals surface area contributed by atoms with E-state index >= 15 is 0 Å². The molecule has 1 fully saturated rings. The van der Waals surface area contributed by atoms with E-state index in [9.17, 15) is 4.79 Å². The van der Waals surface area contributed by atoms with E-state index in [4.69, 9.17) is 12.2 Å². The van der Waals surface area contributed by atoms with Crippen molar-refractivity contribution >= 4 is 40.7 Å². The zero-order valence-electron chi connectivity index (χ0n) is 10.5. The van der Waals surface area contributed by atoms with Crippen LogP contribution in [0.15, 0.2) is 23.2 Å². The molecular formula is C13H16N2OS2. The highest BCUT2D eigenvalue weighted by Crippen LogP contribution is 2.23. The smallest absolute Gasteiger partial charge is 0.276 e. The zero-order chi connectivity index (χ0) is 13.1. The summed E-state index contributed by atoms with van der Waals surface area (Å²) in [5.74, 6) is 0.0179. The topological polar surface area (TPSA) is 23.6 Å². The summed E-state index contributed by atoms with van der Waals surface area (Å²) < 4.78 is 0. The molecule has 0 bridgehead atoms. The lowest BCUT2D eigenvalue weighted by atomic mass is 10.3. The van der Waals surface area contributed by atoms with Crippen LogP contribution in [0, 0.1) is 0 Å². The molecule has 1 aromatic heterocycles. The second kappa shape index (κ2) is 5.63. The van der Waals surface area contributed by atoms with Crippen molar-refractivity contribution < 1.29 is 4.79 Å². The SMILES string of the molecule is CCCCN1C(=O)/C(=C/c2cccs2)N(C)C1=S. The fourth-order valence-corrected chi connectivity index (χ4v) is 2.76. The molecule has 0 unspecified atom stereocenters. The number of thiocarbonyl (C=S) groups is 1. The first-order valence-electron chi connectivity index (χ1n) is 6.00. The van der Waals surface area contributed by atoms with Crippen LogP contribution in [0.2, 0.25) is 0 Å². The molecule has 1 aliphatic heterocycles. The summed E-state index contributed by atoms with van der Waals surface area (Å²) in [5.41, 5.74) is 0.665. The number of likely N-dealkylation sites (N-methyl/N-ethyl adjacent to an activating group) is 1. The molecule has 2 rings (SSSR count). The van der Waals surface area contributed by atoms with Crippen LogP contribution in [0.5, 0.6) is 0 Å². The van der Waals surface area contributed by atoms with Crippen LogP contribution in [0.1, 0.15) is 24.6 Å². The van der Waals surface area contributed by atoms with Crippen molar-refractivity contribution in [1.82, 2.24) is 9.80 Å². The van der Waals surface area contributed by atoms with Crippen molar-refractivity contribution in [2.75, 3.05) is 13.6 Å². The highest BCUT2D eigenvalue weighted by Gasteiger charge is 2.34. The van der Waals surface area contributed by atoms with Crippen LogP contribution < -0.4 is 0 Å². The Morgan fingerprint density at radius 1 is 1.50 bits per heavy atom. The number of carbonyl (C=O) groups is 1. The number of rotatable bonds is 4. The molecule has 5 heteroatoms. The van der Waals surface area contributed by atoms with Gasteiger partial charge in [0, 0.05) is 18.5 Å². The maximum atomic E-state index is 12.3. The molecule has 0 radical (unpaired) electrons. The minimum absolute atomic E-state index is 0.0179. The van der Waals surface area contributed by atoms with E-state index in [1.165, 1.54) is 0 Å². The number of hydrogen-bond acceptors (Lipinski definition) is 3. The first-order chi connectivity index (χ1) is 8.65. The Morgan fingerprint density at radius 2 is 2.28 bits per heavy atom. The fourth-order valence-electron chi connectivity index (χ4n) is 1.83. The first kappa shape index (κ1) is 13.2. The van der Waals surface area contributed by atoms with Gasteiger partial charge in [-0.25, -0.2) is 0 Å². The lowest BCUT2D eigenvalue weighted by molar-refractivity contribution is -0.122. The van der Waals surface area contributed by atoms with E-state index in [1.807, 2.05) is 30.6 Å². The van der Waals surface area contributed by atoms with E-state index in [1.54, 1.807) is 21.1 Å². The normalized spacial score (nSPS) is 18.2. The molecule has 96 valence electrons. The molecule has 0 N–H and O–H groups in total. The molecule has 0 aromatic carbocycles. The Kier molecular flexibility index (Phi) is 4.14. The number of nitrogens with zero attached hydrogens (tertiary/aromatic N) is 2. The Labute approximate surface area is 117 Å². The molecule has 0 spiro atoms. The minimum Gasteiger partial charge on any atom is -0.317 e. The van der Waals surface area contributed by atoms with Gasteiger partial charge >= 0.3 is 0 Å². The third-order valence-corrected chi connectivity index (χ3v) is 4.21. The highest BCUT2D eigenvalue weighted by molar-refractivity contribution is 7.80. The minimum atomic E-state index is 0.0179. The Bertz CT molecular complexity index is 479. The van der Waals surface area contributed by atoms with E-state index in [-0.39, 0.29) is 5.91 Å². The molecule has 1 amide bonds. The van der Waals surface area contributed by atoms with Crippen LogP contribution in [0.4, 0.5) is 0 Å². The van der Waals surface area contributed by atoms with Gasteiger partial charge < -0.3 is 4.90 Å². The molecule has 0 saturated carbocycles. The molecular weight excluding hydrogens is 264 g/mol. The summed E-state index contributed by atoms with van der Waals surface area (Å²) >= 11 is 6.94.